The van der Waals surface area contributed by atoms with E-state index < -0.39 is 11.7 Å². The predicted molar refractivity (Wildman–Crippen MR) is 100 cm³/mol. The normalized spacial score (nSPS) is 26.5. The SMILES string of the molecule is Cc1ccccc1[C@H]1[C@@H]2CN(Cc3cccc(C(F)(F)F)c3)C[C@@H]2CN1C. The van der Waals surface area contributed by atoms with Gasteiger partial charge in [-0.2, -0.15) is 13.2 Å². The first-order chi connectivity index (χ1) is 12.8. The summed E-state index contributed by atoms with van der Waals surface area (Å²) in [6.07, 6.45) is -4.28. The Bertz CT molecular complexity index is 817. The van der Waals surface area contributed by atoms with Crippen molar-refractivity contribution in [1.82, 2.24) is 9.80 Å². The highest BCUT2D eigenvalue weighted by Crippen LogP contribution is 2.45. The van der Waals surface area contributed by atoms with E-state index in [2.05, 4.69) is 48.0 Å². The largest absolute Gasteiger partial charge is 0.416 e. The van der Waals surface area contributed by atoms with Gasteiger partial charge in [-0.15, -0.1) is 0 Å². The van der Waals surface area contributed by atoms with Gasteiger partial charge in [0.15, 0.2) is 0 Å². The van der Waals surface area contributed by atoms with Crippen LogP contribution >= 0.6 is 0 Å². The van der Waals surface area contributed by atoms with Crippen molar-refractivity contribution in [2.45, 2.75) is 25.7 Å². The van der Waals surface area contributed by atoms with E-state index in [-0.39, 0.29) is 0 Å². The molecule has 0 aliphatic carbocycles. The van der Waals surface area contributed by atoms with Gasteiger partial charge in [0.1, 0.15) is 0 Å². The first kappa shape index (κ1) is 18.5. The van der Waals surface area contributed by atoms with E-state index in [1.807, 2.05) is 0 Å². The molecule has 0 aromatic heterocycles. The highest BCUT2D eigenvalue weighted by Gasteiger charge is 2.46. The van der Waals surface area contributed by atoms with E-state index in [0.717, 1.165) is 31.3 Å². The number of benzene rings is 2. The Morgan fingerprint density at radius 1 is 1.00 bits per heavy atom. The van der Waals surface area contributed by atoms with Crippen molar-refractivity contribution in [3.8, 4) is 0 Å². The second kappa shape index (κ2) is 6.95. The van der Waals surface area contributed by atoms with Crippen LogP contribution in [0.5, 0.6) is 0 Å². The monoisotopic (exact) mass is 374 g/mol. The molecule has 0 amide bonds. The molecule has 0 spiro atoms. The molecule has 0 radical (unpaired) electrons. The van der Waals surface area contributed by atoms with E-state index in [1.54, 1.807) is 6.07 Å². The van der Waals surface area contributed by atoms with Crippen LogP contribution in [-0.2, 0) is 12.7 Å². The first-order valence-electron chi connectivity index (χ1n) is 9.47. The van der Waals surface area contributed by atoms with Gasteiger partial charge in [0, 0.05) is 32.2 Å². The smallest absolute Gasteiger partial charge is 0.299 e. The lowest BCUT2D eigenvalue weighted by molar-refractivity contribution is -0.137. The minimum atomic E-state index is -4.28. The van der Waals surface area contributed by atoms with Crippen molar-refractivity contribution >= 4 is 0 Å². The Kier molecular flexibility index (Phi) is 4.77. The molecule has 2 aliphatic rings. The maximum Gasteiger partial charge on any atom is 0.416 e. The molecule has 2 aromatic rings. The van der Waals surface area contributed by atoms with Gasteiger partial charge in [0.25, 0.3) is 0 Å². The highest BCUT2D eigenvalue weighted by atomic mass is 19.4. The fourth-order valence-electron chi connectivity index (χ4n) is 4.97. The second-order valence-corrected chi connectivity index (χ2v) is 8.06. The number of hydrogen-bond acceptors (Lipinski definition) is 2. The number of hydrogen-bond donors (Lipinski definition) is 0. The zero-order valence-electron chi connectivity index (χ0n) is 15.7. The summed E-state index contributed by atoms with van der Waals surface area (Å²) in [4.78, 5) is 4.77. The van der Waals surface area contributed by atoms with E-state index in [1.165, 1.54) is 23.3 Å². The fourth-order valence-corrected chi connectivity index (χ4v) is 4.97. The summed E-state index contributed by atoms with van der Waals surface area (Å²) in [6.45, 7) is 5.67. The third-order valence-electron chi connectivity index (χ3n) is 6.14. The van der Waals surface area contributed by atoms with Crippen molar-refractivity contribution in [3.63, 3.8) is 0 Å². The molecule has 2 fully saturated rings. The minimum absolute atomic E-state index is 0.391. The van der Waals surface area contributed by atoms with Gasteiger partial charge in [-0.3, -0.25) is 9.80 Å². The van der Waals surface area contributed by atoms with E-state index in [4.69, 9.17) is 0 Å². The van der Waals surface area contributed by atoms with Crippen LogP contribution in [0.25, 0.3) is 0 Å². The van der Waals surface area contributed by atoms with Gasteiger partial charge in [0.05, 0.1) is 5.56 Å². The molecule has 4 rings (SSSR count). The number of rotatable bonds is 3. The lowest BCUT2D eigenvalue weighted by Gasteiger charge is -2.28. The van der Waals surface area contributed by atoms with Gasteiger partial charge in [0.2, 0.25) is 0 Å². The van der Waals surface area contributed by atoms with E-state index in [0.29, 0.717) is 24.4 Å². The number of halogens is 3. The molecule has 5 heteroatoms. The number of aryl methyl sites for hydroxylation is 1. The third kappa shape index (κ3) is 3.63. The zero-order valence-corrected chi connectivity index (χ0v) is 15.7. The maximum atomic E-state index is 13.0. The van der Waals surface area contributed by atoms with E-state index >= 15 is 0 Å². The predicted octanol–water partition coefficient (Wildman–Crippen LogP) is 4.75. The molecular formula is C22H25F3N2. The molecule has 0 unspecified atom stereocenters. The van der Waals surface area contributed by atoms with Crippen molar-refractivity contribution in [2.24, 2.45) is 11.8 Å². The Morgan fingerprint density at radius 2 is 1.78 bits per heavy atom. The van der Waals surface area contributed by atoms with Gasteiger partial charge in [-0.25, -0.2) is 0 Å². The zero-order chi connectivity index (χ0) is 19.2. The van der Waals surface area contributed by atoms with Crippen LogP contribution in [0.15, 0.2) is 48.5 Å². The van der Waals surface area contributed by atoms with Crippen LogP contribution in [0.4, 0.5) is 13.2 Å². The van der Waals surface area contributed by atoms with E-state index in [9.17, 15) is 13.2 Å². The molecule has 0 saturated carbocycles. The van der Waals surface area contributed by atoms with Crippen molar-refractivity contribution in [1.29, 1.82) is 0 Å². The molecule has 2 aliphatic heterocycles. The quantitative estimate of drug-likeness (QED) is 0.765. The molecule has 0 bridgehead atoms. The second-order valence-electron chi connectivity index (χ2n) is 8.06. The summed E-state index contributed by atoms with van der Waals surface area (Å²) >= 11 is 0. The van der Waals surface area contributed by atoms with Gasteiger partial charge in [-0.1, -0.05) is 42.5 Å². The Hall–Kier alpha value is -1.85. The molecule has 2 saturated heterocycles. The van der Waals surface area contributed by atoms with Gasteiger partial charge >= 0.3 is 6.18 Å². The molecule has 2 heterocycles. The molecule has 3 atom stereocenters. The van der Waals surface area contributed by atoms with Crippen molar-refractivity contribution in [3.05, 3.63) is 70.8 Å². The Labute approximate surface area is 158 Å². The van der Waals surface area contributed by atoms with Gasteiger partial charge in [-0.05, 0) is 48.6 Å². The van der Waals surface area contributed by atoms with Crippen LogP contribution < -0.4 is 0 Å². The topological polar surface area (TPSA) is 6.48 Å². The number of alkyl halides is 3. The van der Waals surface area contributed by atoms with Crippen LogP contribution in [0.3, 0.4) is 0 Å². The summed E-state index contributed by atoms with van der Waals surface area (Å²) in [5.41, 5.74) is 2.88. The lowest BCUT2D eigenvalue weighted by Crippen LogP contribution is -2.29. The first-order valence-corrected chi connectivity index (χ1v) is 9.47. The molecule has 27 heavy (non-hydrogen) atoms. The van der Waals surface area contributed by atoms with Crippen molar-refractivity contribution < 1.29 is 13.2 Å². The Balaban J connectivity index is 1.50. The molecular weight excluding hydrogens is 349 g/mol. The van der Waals surface area contributed by atoms with Crippen LogP contribution in [0, 0.1) is 18.8 Å². The summed E-state index contributed by atoms with van der Waals surface area (Å²) < 4.78 is 38.9. The van der Waals surface area contributed by atoms with Crippen LogP contribution in [0.2, 0.25) is 0 Å². The molecule has 144 valence electrons. The maximum absolute atomic E-state index is 13.0. The number of likely N-dealkylation sites (tertiary alicyclic amines) is 2. The molecule has 0 N–H and O–H groups in total. The molecule has 2 aromatic carbocycles. The summed E-state index contributed by atoms with van der Waals surface area (Å²) in [5, 5.41) is 0. The summed E-state index contributed by atoms with van der Waals surface area (Å²) in [7, 11) is 2.19. The Morgan fingerprint density at radius 3 is 2.52 bits per heavy atom. The lowest BCUT2D eigenvalue weighted by atomic mass is 9.88. The van der Waals surface area contributed by atoms with Crippen molar-refractivity contribution in [2.75, 3.05) is 26.7 Å². The summed E-state index contributed by atoms with van der Waals surface area (Å²) in [5.74, 6) is 1.10. The summed E-state index contributed by atoms with van der Waals surface area (Å²) in [6, 6.07) is 14.7. The number of fused-ring (bicyclic) bond motifs is 1. The third-order valence-corrected chi connectivity index (χ3v) is 6.14. The standard InChI is InChI=1S/C22H25F3N2/c1-15-6-3-4-9-19(15)21-20-14-27(13-17(20)12-26(21)2)11-16-7-5-8-18(10-16)22(23,24)25/h3-10,17,20-21H,11-14H2,1-2H3/t17-,20+,21-/m0/s1. The van der Waals surface area contributed by atoms with Gasteiger partial charge < -0.3 is 0 Å². The van der Waals surface area contributed by atoms with Crippen LogP contribution in [-0.4, -0.2) is 36.5 Å². The average molecular weight is 374 g/mol. The highest BCUT2D eigenvalue weighted by molar-refractivity contribution is 5.31. The van der Waals surface area contributed by atoms with Crippen LogP contribution in [0.1, 0.15) is 28.3 Å². The minimum Gasteiger partial charge on any atom is -0.299 e. The fraction of sp³-hybridized carbons (Fsp3) is 0.455. The molecule has 2 nitrogen and oxygen atoms in total. The number of nitrogens with zero attached hydrogens (tertiary/aromatic N) is 2. The average Bonchev–Trinajstić information content (AvgIpc) is 3.11.